The van der Waals surface area contributed by atoms with E-state index in [0.29, 0.717) is 13.2 Å². The Morgan fingerprint density at radius 1 is 1.05 bits per heavy atom. The molecule has 3 fully saturated rings. The summed E-state index contributed by atoms with van der Waals surface area (Å²) in [6.45, 7) is 2.94. The third-order valence-electron chi connectivity index (χ3n) is 5.27. The summed E-state index contributed by atoms with van der Waals surface area (Å²) in [5.74, 6) is 3.63. The Labute approximate surface area is 122 Å². The molecule has 0 saturated heterocycles. The van der Waals surface area contributed by atoms with Crippen LogP contribution in [0.4, 0.5) is 4.79 Å². The lowest BCUT2D eigenvalue weighted by atomic mass is 9.86. The third kappa shape index (κ3) is 4.11. The van der Waals surface area contributed by atoms with Crippen molar-refractivity contribution < 1.29 is 9.53 Å². The molecule has 0 aromatic heterocycles. The van der Waals surface area contributed by atoms with Crippen LogP contribution >= 0.6 is 0 Å². The number of hydrogen-bond donors (Lipinski definition) is 2. The molecule has 0 heterocycles. The molecule has 4 nitrogen and oxygen atoms in total. The van der Waals surface area contributed by atoms with Crippen molar-refractivity contribution in [2.45, 2.75) is 44.9 Å². The van der Waals surface area contributed by atoms with Crippen LogP contribution in [-0.4, -0.2) is 32.3 Å². The van der Waals surface area contributed by atoms with Crippen molar-refractivity contribution in [2.24, 2.45) is 23.7 Å². The molecular weight excluding hydrogens is 252 g/mol. The van der Waals surface area contributed by atoms with Crippen LogP contribution in [0.1, 0.15) is 44.9 Å². The number of hydrogen-bond acceptors (Lipinski definition) is 2. The van der Waals surface area contributed by atoms with E-state index in [4.69, 9.17) is 4.74 Å². The quantitative estimate of drug-likeness (QED) is 0.671. The fraction of sp³-hybridized carbons (Fsp3) is 0.938. The van der Waals surface area contributed by atoms with Crippen LogP contribution in [0.3, 0.4) is 0 Å². The van der Waals surface area contributed by atoms with Crippen LogP contribution in [0.15, 0.2) is 0 Å². The molecule has 114 valence electrons. The van der Waals surface area contributed by atoms with E-state index >= 15 is 0 Å². The second-order valence-corrected chi connectivity index (χ2v) is 6.92. The van der Waals surface area contributed by atoms with E-state index in [1.165, 1.54) is 38.5 Å². The normalized spacial score (nSPS) is 31.5. The highest BCUT2D eigenvalue weighted by Crippen LogP contribution is 2.49. The number of fused-ring (bicyclic) bond motifs is 2. The maximum atomic E-state index is 11.6. The topological polar surface area (TPSA) is 50.4 Å². The minimum atomic E-state index is -0.0387. The van der Waals surface area contributed by atoms with Crippen molar-refractivity contribution in [2.75, 3.05) is 26.3 Å². The van der Waals surface area contributed by atoms with Crippen molar-refractivity contribution in [3.63, 3.8) is 0 Å². The summed E-state index contributed by atoms with van der Waals surface area (Å²) >= 11 is 0. The van der Waals surface area contributed by atoms with Gasteiger partial charge in [0.1, 0.15) is 0 Å². The maximum Gasteiger partial charge on any atom is 0.314 e. The average Bonchev–Trinajstić information content (AvgIpc) is 3.03. The molecule has 3 atom stereocenters. The number of ether oxygens (including phenoxy) is 1. The molecule has 2 bridgehead atoms. The van der Waals surface area contributed by atoms with Gasteiger partial charge in [-0.1, -0.05) is 6.42 Å². The third-order valence-corrected chi connectivity index (χ3v) is 5.27. The molecule has 4 heteroatoms. The zero-order chi connectivity index (χ0) is 13.8. The van der Waals surface area contributed by atoms with E-state index < -0.39 is 0 Å². The van der Waals surface area contributed by atoms with Gasteiger partial charge < -0.3 is 15.4 Å². The van der Waals surface area contributed by atoms with Crippen molar-refractivity contribution in [3.05, 3.63) is 0 Å². The summed E-state index contributed by atoms with van der Waals surface area (Å²) in [5.41, 5.74) is 0. The lowest BCUT2D eigenvalue weighted by Gasteiger charge is -2.21. The summed E-state index contributed by atoms with van der Waals surface area (Å²) in [7, 11) is 0. The van der Waals surface area contributed by atoms with Crippen molar-refractivity contribution in [1.82, 2.24) is 10.6 Å². The summed E-state index contributed by atoms with van der Waals surface area (Å²) in [6, 6.07) is -0.0387. The number of rotatable bonds is 8. The Morgan fingerprint density at radius 2 is 1.90 bits per heavy atom. The zero-order valence-corrected chi connectivity index (χ0v) is 12.4. The van der Waals surface area contributed by atoms with Crippen LogP contribution in [0.2, 0.25) is 0 Å². The van der Waals surface area contributed by atoms with Gasteiger partial charge in [-0.2, -0.15) is 0 Å². The molecule has 0 radical (unpaired) electrons. The molecule has 0 spiro atoms. The van der Waals surface area contributed by atoms with Gasteiger partial charge in [0.25, 0.3) is 0 Å². The first kappa shape index (κ1) is 14.2. The molecule has 3 unspecified atom stereocenters. The predicted octanol–water partition coefficient (Wildman–Crippen LogP) is 2.54. The summed E-state index contributed by atoms with van der Waals surface area (Å²) in [4.78, 5) is 11.6. The van der Waals surface area contributed by atoms with Crippen molar-refractivity contribution >= 4 is 6.03 Å². The van der Waals surface area contributed by atoms with Crippen LogP contribution in [0, 0.1) is 23.7 Å². The van der Waals surface area contributed by atoms with Gasteiger partial charge in [0.15, 0.2) is 0 Å². The van der Waals surface area contributed by atoms with Gasteiger partial charge in [0.05, 0.1) is 6.61 Å². The Morgan fingerprint density at radius 3 is 2.60 bits per heavy atom. The summed E-state index contributed by atoms with van der Waals surface area (Å²) < 4.78 is 5.48. The van der Waals surface area contributed by atoms with E-state index in [1.54, 1.807) is 0 Å². The highest BCUT2D eigenvalue weighted by atomic mass is 16.5. The van der Waals surface area contributed by atoms with Crippen molar-refractivity contribution in [1.29, 1.82) is 0 Å². The monoisotopic (exact) mass is 280 g/mol. The van der Waals surface area contributed by atoms with Gasteiger partial charge in [0.2, 0.25) is 0 Å². The maximum absolute atomic E-state index is 11.6. The van der Waals surface area contributed by atoms with Gasteiger partial charge in [-0.15, -0.1) is 0 Å². The highest BCUT2D eigenvalue weighted by molar-refractivity contribution is 5.73. The lowest BCUT2D eigenvalue weighted by molar-refractivity contribution is 0.127. The standard InChI is InChI=1S/C16H28N2O2/c19-16(18-7-8-20-11-12-1-2-12)17-6-5-15-10-13-3-4-14(15)9-13/h12-15H,1-11H2,(H2,17,18,19). The number of nitrogens with one attached hydrogen (secondary N) is 2. The fourth-order valence-corrected chi connectivity index (χ4v) is 3.93. The predicted molar refractivity (Wildman–Crippen MR) is 78.5 cm³/mol. The molecule has 3 aliphatic carbocycles. The molecule has 0 aromatic carbocycles. The number of urea groups is 1. The average molecular weight is 280 g/mol. The second kappa shape index (κ2) is 6.79. The minimum absolute atomic E-state index is 0.0387. The highest BCUT2D eigenvalue weighted by Gasteiger charge is 2.38. The summed E-state index contributed by atoms with van der Waals surface area (Å²) in [5, 5.41) is 5.84. The molecular formula is C16H28N2O2. The molecule has 3 aliphatic rings. The minimum Gasteiger partial charge on any atom is -0.379 e. The molecule has 2 N–H and O–H groups in total. The van der Waals surface area contributed by atoms with Gasteiger partial charge in [0, 0.05) is 19.7 Å². The molecule has 20 heavy (non-hydrogen) atoms. The zero-order valence-electron chi connectivity index (χ0n) is 12.4. The smallest absolute Gasteiger partial charge is 0.314 e. The first-order valence-electron chi connectivity index (χ1n) is 8.40. The Hall–Kier alpha value is -0.770. The molecule has 2 amide bonds. The van der Waals surface area contributed by atoms with E-state index in [1.807, 2.05) is 0 Å². The van der Waals surface area contributed by atoms with E-state index in [-0.39, 0.29) is 6.03 Å². The van der Waals surface area contributed by atoms with Crippen LogP contribution in [0.5, 0.6) is 0 Å². The van der Waals surface area contributed by atoms with E-state index in [2.05, 4.69) is 10.6 Å². The lowest BCUT2D eigenvalue weighted by Crippen LogP contribution is -2.38. The number of carbonyl (C=O) groups excluding carboxylic acids is 1. The Kier molecular flexibility index (Phi) is 4.81. The van der Waals surface area contributed by atoms with Gasteiger partial charge in [-0.25, -0.2) is 4.79 Å². The number of carbonyl (C=O) groups is 1. The van der Waals surface area contributed by atoms with E-state index in [9.17, 15) is 4.79 Å². The summed E-state index contributed by atoms with van der Waals surface area (Å²) in [6.07, 6.45) is 9.54. The van der Waals surface area contributed by atoms with Crippen LogP contribution < -0.4 is 10.6 Å². The molecule has 0 aliphatic heterocycles. The van der Waals surface area contributed by atoms with Crippen LogP contribution in [0.25, 0.3) is 0 Å². The molecule has 3 saturated carbocycles. The first-order chi connectivity index (χ1) is 9.81. The fourth-order valence-electron chi connectivity index (χ4n) is 3.93. The van der Waals surface area contributed by atoms with Gasteiger partial charge in [-0.3, -0.25) is 0 Å². The molecule has 3 rings (SSSR count). The molecule has 0 aromatic rings. The SMILES string of the molecule is O=C(NCCOCC1CC1)NCCC1CC2CCC1C2. The van der Waals surface area contributed by atoms with Crippen molar-refractivity contribution in [3.8, 4) is 0 Å². The number of amides is 2. The second-order valence-electron chi connectivity index (χ2n) is 6.92. The Bertz CT molecular complexity index is 330. The Balaban J connectivity index is 1.17. The van der Waals surface area contributed by atoms with Gasteiger partial charge >= 0.3 is 6.03 Å². The van der Waals surface area contributed by atoms with Crippen LogP contribution in [-0.2, 0) is 4.74 Å². The largest absolute Gasteiger partial charge is 0.379 e. The first-order valence-corrected chi connectivity index (χ1v) is 8.40. The van der Waals surface area contributed by atoms with E-state index in [0.717, 1.165) is 43.2 Å². The van der Waals surface area contributed by atoms with Gasteiger partial charge in [-0.05, 0) is 62.2 Å².